The Kier molecular flexibility index (Phi) is 10.1. The van der Waals surface area contributed by atoms with Gasteiger partial charge in [0, 0.05) is 12.0 Å². The first kappa shape index (κ1) is 20.7. The summed E-state index contributed by atoms with van der Waals surface area (Å²) in [6, 6.07) is 8.63. The number of aryl methyl sites for hydroxylation is 1. The third-order valence-corrected chi connectivity index (χ3v) is 4.95. The Labute approximate surface area is 158 Å². The van der Waals surface area contributed by atoms with Gasteiger partial charge in [0.2, 0.25) is 0 Å². The third kappa shape index (κ3) is 7.74. The van der Waals surface area contributed by atoms with E-state index >= 15 is 0 Å². The fraction of sp³-hybridized carbons (Fsp3) is 0.609. The lowest BCUT2D eigenvalue weighted by Crippen LogP contribution is -1.90. The summed E-state index contributed by atoms with van der Waals surface area (Å²) in [5.74, 6) is 0.594. The maximum atomic E-state index is 8.93. The second kappa shape index (κ2) is 12.7. The van der Waals surface area contributed by atoms with E-state index in [1.165, 1.54) is 69.8 Å². The number of oxazole rings is 1. The van der Waals surface area contributed by atoms with Crippen LogP contribution in [0.15, 0.2) is 34.9 Å². The zero-order valence-electron chi connectivity index (χ0n) is 16.4. The predicted molar refractivity (Wildman–Crippen MR) is 108 cm³/mol. The summed E-state index contributed by atoms with van der Waals surface area (Å²) in [7, 11) is 0. The summed E-state index contributed by atoms with van der Waals surface area (Å²) in [5, 5.41) is 8.93. The Morgan fingerprint density at radius 1 is 0.808 bits per heavy atom. The molecule has 0 radical (unpaired) electrons. The van der Waals surface area contributed by atoms with Crippen molar-refractivity contribution in [2.45, 2.75) is 84.0 Å². The van der Waals surface area contributed by atoms with Crippen LogP contribution in [0.3, 0.4) is 0 Å². The Hall–Kier alpha value is -1.61. The number of hydrogen-bond donors (Lipinski definition) is 1. The molecule has 0 aliphatic heterocycles. The highest BCUT2D eigenvalue weighted by Crippen LogP contribution is 2.20. The van der Waals surface area contributed by atoms with E-state index in [9.17, 15) is 0 Å². The molecular weight excluding hydrogens is 322 g/mol. The van der Waals surface area contributed by atoms with Gasteiger partial charge in [-0.25, -0.2) is 4.98 Å². The number of hydrogen-bond acceptors (Lipinski definition) is 3. The van der Waals surface area contributed by atoms with Crippen LogP contribution in [0.4, 0.5) is 0 Å². The van der Waals surface area contributed by atoms with Gasteiger partial charge in [-0.2, -0.15) is 0 Å². The zero-order valence-corrected chi connectivity index (χ0v) is 16.4. The molecule has 2 rings (SSSR count). The van der Waals surface area contributed by atoms with Crippen molar-refractivity contribution in [1.82, 2.24) is 4.98 Å². The first-order valence-corrected chi connectivity index (χ1v) is 10.5. The average molecular weight is 358 g/mol. The highest BCUT2D eigenvalue weighted by atomic mass is 16.3. The fourth-order valence-corrected chi connectivity index (χ4v) is 3.31. The molecule has 144 valence electrons. The molecule has 0 saturated carbocycles. The van der Waals surface area contributed by atoms with E-state index < -0.39 is 0 Å². The van der Waals surface area contributed by atoms with Gasteiger partial charge in [0.25, 0.3) is 0 Å². The number of unbranched alkanes of at least 4 members (excludes halogenated alkanes) is 9. The normalized spacial score (nSPS) is 11.2. The van der Waals surface area contributed by atoms with Gasteiger partial charge in [-0.3, -0.25) is 0 Å². The minimum absolute atomic E-state index is 0.0672. The van der Waals surface area contributed by atoms with Gasteiger partial charge in [-0.15, -0.1) is 0 Å². The van der Waals surface area contributed by atoms with Crippen molar-refractivity contribution in [2.75, 3.05) is 6.61 Å². The van der Waals surface area contributed by atoms with Crippen molar-refractivity contribution in [3.63, 3.8) is 0 Å². The molecule has 0 aliphatic rings. The number of aromatic nitrogens is 1. The molecule has 0 unspecified atom stereocenters. The van der Waals surface area contributed by atoms with Gasteiger partial charge < -0.3 is 9.52 Å². The largest absolute Gasteiger partial charge is 0.448 e. The van der Waals surface area contributed by atoms with E-state index in [4.69, 9.17) is 9.52 Å². The van der Waals surface area contributed by atoms with Gasteiger partial charge in [0.15, 0.2) is 5.89 Å². The number of rotatable bonds is 14. The van der Waals surface area contributed by atoms with Gasteiger partial charge >= 0.3 is 0 Å². The number of aliphatic hydroxyl groups excluding tert-OH is 1. The van der Waals surface area contributed by atoms with Crippen molar-refractivity contribution in [3.8, 4) is 11.3 Å². The maximum absolute atomic E-state index is 8.93. The molecule has 2 aromatic rings. The fourth-order valence-electron chi connectivity index (χ4n) is 3.31. The molecule has 1 N–H and O–H groups in total. The summed E-state index contributed by atoms with van der Waals surface area (Å²) in [5.41, 5.74) is 3.32. The van der Waals surface area contributed by atoms with Crippen molar-refractivity contribution in [1.29, 1.82) is 0 Å². The molecule has 1 heterocycles. The van der Waals surface area contributed by atoms with Crippen LogP contribution >= 0.6 is 0 Å². The standard InChI is InChI=1S/C23H35NO2/c1-2-3-4-5-6-7-8-9-10-11-12-20-13-15-21(16-14-20)22-19-26-23(24-22)17-18-25/h13-16,19,25H,2-12,17-18H2,1H3. The van der Waals surface area contributed by atoms with E-state index in [1.807, 2.05) is 0 Å². The van der Waals surface area contributed by atoms with Crippen molar-refractivity contribution >= 4 is 0 Å². The Morgan fingerprint density at radius 3 is 2.04 bits per heavy atom. The van der Waals surface area contributed by atoms with Crippen LogP contribution in [0.1, 0.15) is 82.6 Å². The second-order valence-corrected chi connectivity index (χ2v) is 7.23. The third-order valence-electron chi connectivity index (χ3n) is 4.95. The average Bonchev–Trinajstić information content (AvgIpc) is 3.13. The highest BCUT2D eigenvalue weighted by molar-refractivity contribution is 5.58. The molecule has 0 saturated heterocycles. The summed E-state index contributed by atoms with van der Waals surface area (Å²) >= 11 is 0. The van der Waals surface area contributed by atoms with Gasteiger partial charge in [-0.1, -0.05) is 89.0 Å². The van der Waals surface area contributed by atoms with Crippen molar-refractivity contribution in [2.24, 2.45) is 0 Å². The molecule has 0 bridgehead atoms. The quantitative estimate of drug-likeness (QED) is 0.401. The molecule has 26 heavy (non-hydrogen) atoms. The Balaban J connectivity index is 1.59. The van der Waals surface area contributed by atoms with Crippen LogP contribution in [0.25, 0.3) is 11.3 Å². The molecule has 1 aromatic heterocycles. The first-order valence-electron chi connectivity index (χ1n) is 10.5. The Bertz CT molecular complexity index is 589. The molecule has 0 atom stereocenters. The van der Waals surface area contributed by atoms with Gasteiger partial charge in [0.1, 0.15) is 12.0 Å². The van der Waals surface area contributed by atoms with Crippen LogP contribution in [-0.4, -0.2) is 16.7 Å². The molecule has 0 amide bonds. The molecule has 3 nitrogen and oxygen atoms in total. The lowest BCUT2D eigenvalue weighted by molar-refractivity contribution is 0.285. The van der Waals surface area contributed by atoms with E-state index in [0.29, 0.717) is 12.3 Å². The number of nitrogens with zero attached hydrogens (tertiary/aromatic N) is 1. The summed E-state index contributed by atoms with van der Waals surface area (Å²) in [4.78, 5) is 4.40. The van der Waals surface area contributed by atoms with Crippen molar-refractivity contribution in [3.05, 3.63) is 42.0 Å². The van der Waals surface area contributed by atoms with Crippen LogP contribution in [-0.2, 0) is 12.8 Å². The minimum atomic E-state index is 0.0672. The van der Waals surface area contributed by atoms with Gasteiger partial charge in [-0.05, 0) is 18.4 Å². The molecule has 0 fully saturated rings. The molecule has 3 heteroatoms. The van der Waals surface area contributed by atoms with Crippen LogP contribution in [0, 0.1) is 0 Å². The molecule has 0 aliphatic carbocycles. The minimum Gasteiger partial charge on any atom is -0.448 e. The molecular formula is C23H35NO2. The first-order chi connectivity index (χ1) is 12.8. The van der Waals surface area contributed by atoms with Crippen LogP contribution < -0.4 is 0 Å². The number of aliphatic hydroxyl groups is 1. The second-order valence-electron chi connectivity index (χ2n) is 7.23. The lowest BCUT2D eigenvalue weighted by Gasteiger charge is -2.04. The molecule has 0 spiro atoms. The van der Waals surface area contributed by atoms with E-state index in [2.05, 4.69) is 36.2 Å². The van der Waals surface area contributed by atoms with Crippen molar-refractivity contribution < 1.29 is 9.52 Å². The monoisotopic (exact) mass is 357 g/mol. The maximum Gasteiger partial charge on any atom is 0.196 e. The van der Waals surface area contributed by atoms with E-state index in [-0.39, 0.29) is 6.61 Å². The van der Waals surface area contributed by atoms with E-state index in [1.54, 1.807) is 6.26 Å². The SMILES string of the molecule is CCCCCCCCCCCCc1ccc(-c2coc(CCO)n2)cc1. The topological polar surface area (TPSA) is 46.3 Å². The summed E-state index contributed by atoms with van der Waals surface area (Å²) in [6.07, 6.45) is 17.1. The van der Waals surface area contributed by atoms with E-state index in [0.717, 1.165) is 17.7 Å². The van der Waals surface area contributed by atoms with Crippen LogP contribution in [0.2, 0.25) is 0 Å². The number of benzene rings is 1. The zero-order chi connectivity index (χ0) is 18.5. The highest BCUT2D eigenvalue weighted by Gasteiger charge is 2.06. The Morgan fingerprint density at radius 2 is 1.42 bits per heavy atom. The molecule has 1 aromatic carbocycles. The lowest BCUT2D eigenvalue weighted by atomic mass is 10.0. The smallest absolute Gasteiger partial charge is 0.196 e. The predicted octanol–water partition coefficient (Wildman–Crippen LogP) is 6.34. The summed E-state index contributed by atoms with van der Waals surface area (Å²) < 4.78 is 5.36. The van der Waals surface area contributed by atoms with Crippen LogP contribution in [0.5, 0.6) is 0 Å². The summed E-state index contributed by atoms with van der Waals surface area (Å²) in [6.45, 7) is 2.34. The van der Waals surface area contributed by atoms with Gasteiger partial charge in [0.05, 0.1) is 6.61 Å².